The van der Waals surface area contributed by atoms with Crippen molar-refractivity contribution in [1.29, 1.82) is 0 Å². The molecule has 2 N–H and O–H groups in total. The van der Waals surface area contributed by atoms with Gasteiger partial charge >= 0.3 is 0 Å². The zero-order valence-electron chi connectivity index (χ0n) is 6.60. The lowest BCUT2D eigenvalue weighted by Gasteiger charge is -2.09. The minimum Gasteiger partial charge on any atom is -0.352 e. The van der Waals surface area contributed by atoms with Crippen LogP contribution in [-0.4, -0.2) is 25.0 Å². The molecule has 1 amide bonds. The highest BCUT2D eigenvalue weighted by Crippen LogP contribution is 2.28. The van der Waals surface area contributed by atoms with E-state index in [-0.39, 0.29) is 5.91 Å². The monoisotopic (exact) mass is 154 g/mol. The SMILES string of the molecule is O=C(NC1CCNC1)C1CC1. The molecule has 1 saturated carbocycles. The summed E-state index contributed by atoms with van der Waals surface area (Å²) in [7, 11) is 0. The first kappa shape index (κ1) is 7.10. The topological polar surface area (TPSA) is 41.1 Å². The van der Waals surface area contributed by atoms with Crippen LogP contribution in [0.2, 0.25) is 0 Å². The Kier molecular flexibility index (Phi) is 1.82. The maximum atomic E-state index is 11.2. The van der Waals surface area contributed by atoms with Gasteiger partial charge in [-0.1, -0.05) is 0 Å². The molecule has 0 aromatic carbocycles. The highest BCUT2D eigenvalue weighted by atomic mass is 16.2. The summed E-state index contributed by atoms with van der Waals surface area (Å²) in [6, 6.07) is 0.406. The quantitative estimate of drug-likeness (QED) is 0.582. The first-order chi connectivity index (χ1) is 5.36. The summed E-state index contributed by atoms with van der Waals surface area (Å²) < 4.78 is 0. The molecule has 0 aromatic heterocycles. The third kappa shape index (κ3) is 1.71. The molecule has 1 atom stereocenters. The van der Waals surface area contributed by atoms with Crippen molar-refractivity contribution in [3.8, 4) is 0 Å². The van der Waals surface area contributed by atoms with Crippen molar-refractivity contribution in [2.45, 2.75) is 25.3 Å². The predicted octanol–water partition coefficient (Wildman–Crippen LogP) is -0.126. The molecule has 2 aliphatic rings. The van der Waals surface area contributed by atoms with Crippen molar-refractivity contribution in [2.75, 3.05) is 13.1 Å². The van der Waals surface area contributed by atoms with E-state index in [1.54, 1.807) is 0 Å². The zero-order chi connectivity index (χ0) is 7.68. The van der Waals surface area contributed by atoms with Crippen LogP contribution in [-0.2, 0) is 4.79 Å². The van der Waals surface area contributed by atoms with Crippen LogP contribution in [0.5, 0.6) is 0 Å². The van der Waals surface area contributed by atoms with Gasteiger partial charge < -0.3 is 10.6 Å². The maximum Gasteiger partial charge on any atom is 0.223 e. The molecule has 3 nitrogen and oxygen atoms in total. The molecular formula is C8H14N2O. The van der Waals surface area contributed by atoms with Gasteiger partial charge in [0, 0.05) is 18.5 Å². The van der Waals surface area contributed by atoms with Crippen molar-refractivity contribution in [3.05, 3.63) is 0 Å². The Hall–Kier alpha value is -0.570. The molecule has 1 heterocycles. The molecule has 0 spiro atoms. The third-order valence-corrected chi connectivity index (χ3v) is 2.35. The molecule has 0 bridgehead atoms. The van der Waals surface area contributed by atoms with Crippen LogP contribution in [0.4, 0.5) is 0 Å². The van der Waals surface area contributed by atoms with Crippen molar-refractivity contribution in [3.63, 3.8) is 0 Å². The Labute approximate surface area is 66.5 Å². The Morgan fingerprint density at radius 1 is 1.36 bits per heavy atom. The van der Waals surface area contributed by atoms with E-state index in [0.29, 0.717) is 12.0 Å². The molecule has 1 aliphatic heterocycles. The van der Waals surface area contributed by atoms with Gasteiger partial charge in [0.15, 0.2) is 0 Å². The average molecular weight is 154 g/mol. The first-order valence-corrected chi connectivity index (χ1v) is 4.37. The van der Waals surface area contributed by atoms with Gasteiger partial charge in [-0.05, 0) is 25.8 Å². The van der Waals surface area contributed by atoms with E-state index in [1.807, 2.05) is 0 Å². The van der Waals surface area contributed by atoms with Crippen molar-refractivity contribution in [1.82, 2.24) is 10.6 Å². The number of rotatable bonds is 2. The minimum absolute atomic E-state index is 0.277. The van der Waals surface area contributed by atoms with Gasteiger partial charge in [0.05, 0.1) is 0 Å². The summed E-state index contributed by atoms with van der Waals surface area (Å²) in [6.07, 6.45) is 3.30. The summed E-state index contributed by atoms with van der Waals surface area (Å²) in [4.78, 5) is 11.2. The van der Waals surface area contributed by atoms with Crippen LogP contribution >= 0.6 is 0 Å². The second-order valence-electron chi connectivity index (χ2n) is 3.47. The largest absolute Gasteiger partial charge is 0.352 e. The molecule has 1 unspecified atom stereocenters. The molecule has 1 saturated heterocycles. The number of amides is 1. The van der Waals surface area contributed by atoms with Gasteiger partial charge in [-0.25, -0.2) is 0 Å². The number of carbonyl (C=O) groups is 1. The highest BCUT2D eigenvalue weighted by Gasteiger charge is 2.31. The second-order valence-corrected chi connectivity index (χ2v) is 3.47. The minimum atomic E-state index is 0.277. The van der Waals surface area contributed by atoms with Crippen LogP contribution in [0, 0.1) is 5.92 Å². The fraction of sp³-hybridized carbons (Fsp3) is 0.875. The van der Waals surface area contributed by atoms with Gasteiger partial charge in [-0.15, -0.1) is 0 Å². The van der Waals surface area contributed by atoms with Crippen LogP contribution in [0.15, 0.2) is 0 Å². The maximum absolute atomic E-state index is 11.2. The smallest absolute Gasteiger partial charge is 0.223 e. The molecular weight excluding hydrogens is 140 g/mol. The zero-order valence-corrected chi connectivity index (χ0v) is 6.60. The predicted molar refractivity (Wildman–Crippen MR) is 42.1 cm³/mol. The highest BCUT2D eigenvalue weighted by molar-refractivity contribution is 5.81. The Morgan fingerprint density at radius 3 is 2.73 bits per heavy atom. The third-order valence-electron chi connectivity index (χ3n) is 2.35. The van der Waals surface area contributed by atoms with E-state index >= 15 is 0 Å². The van der Waals surface area contributed by atoms with Crippen LogP contribution < -0.4 is 10.6 Å². The summed E-state index contributed by atoms with van der Waals surface area (Å²) >= 11 is 0. The molecule has 2 fully saturated rings. The van der Waals surface area contributed by atoms with Crippen LogP contribution in [0.25, 0.3) is 0 Å². The fourth-order valence-corrected chi connectivity index (χ4v) is 1.44. The number of nitrogens with one attached hydrogen (secondary N) is 2. The van der Waals surface area contributed by atoms with E-state index in [2.05, 4.69) is 10.6 Å². The standard InChI is InChI=1S/C8H14N2O/c11-8(6-1-2-6)10-7-3-4-9-5-7/h6-7,9H,1-5H2,(H,10,11). The van der Waals surface area contributed by atoms with Gasteiger partial charge in [0.1, 0.15) is 0 Å². The van der Waals surface area contributed by atoms with Crippen molar-refractivity contribution in [2.24, 2.45) is 5.92 Å². The second kappa shape index (κ2) is 2.81. The van der Waals surface area contributed by atoms with E-state index in [0.717, 1.165) is 32.4 Å². The molecule has 0 aromatic rings. The van der Waals surface area contributed by atoms with Crippen LogP contribution in [0.3, 0.4) is 0 Å². The summed E-state index contributed by atoms with van der Waals surface area (Å²) in [5, 5.41) is 6.26. The van der Waals surface area contributed by atoms with Crippen molar-refractivity contribution < 1.29 is 4.79 Å². The van der Waals surface area contributed by atoms with Gasteiger partial charge in [-0.3, -0.25) is 4.79 Å². The van der Waals surface area contributed by atoms with Gasteiger partial charge in [0.25, 0.3) is 0 Å². The molecule has 2 rings (SSSR count). The molecule has 11 heavy (non-hydrogen) atoms. The van der Waals surface area contributed by atoms with Crippen molar-refractivity contribution >= 4 is 5.91 Å². The summed E-state index contributed by atoms with van der Waals surface area (Å²) in [5.41, 5.74) is 0. The van der Waals surface area contributed by atoms with E-state index < -0.39 is 0 Å². The normalized spacial score (nSPS) is 30.4. The lowest BCUT2D eigenvalue weighted by molar-refractivity contribution is -0.122. The molecule has 3 heteroatoms. The Balaban J connectivity index is 1.74. The molecule has 62 valence electrons. The molecule has 1 aliphatic carbocycles. The summed E-state index contributed by atoms with van der Waals surface area (Å²) in [6.45, 7) is 2.01. The number of carbonyl (C=O) groups excluding carboxylic acids is 1. The molecule has 0 radical (unpaired) electrons. The van der Waals surface area contributed by atoms with E-state index in [9.17, 15) is 4.79 Å². The van der Waals surface area contributed by atoms with E-state index in [4.69, 9.17) is 0 Å². The fourth-order valence-electron chi connectivity index (χ4n) is 1.44. The average Bonchev–Trinajstić information content (AvgIpc) is 2.73. The lowest BCUT2D eigenvalue weighted by atomic mass is 10.2. The number of hydrogen-bond acceptors (Lipinski definition) is 2. The van der Waals surface area contributed by atoms with Crippen LogP contribution in [0.1, 0.15) is 19.3 Å². The lowest BCUT2D eigenvalue weighted by Crippen LogP contribution is -2.37. The first-order valence-electron chi connectivity index (χ1n) is 4.37. The Bertz CT molecular complexity index is 159. The van der Waals surface area contributed by atoms with E-state index in [1.165, 1.54) is 0 Å². The Morgan fingerprint density at radius 2 is 2.18 bits per heavy atom. The van der Waals surface area contributed by atoms with Gasteiger partial charge in [0.2, 0.25) is 5.91 Å². The number of hydrogen-bond donors (Lipinski definition) is 2. The summed E-state index contributed by atoms with van der Waals surface area (Å²) in [5.74, 6) is 0.634. The van der Waals surface area contributed by atoms with Gasteiger partial charge in [-0.2, -0.15) is 0 Å².